The third kappa shape index (κ3) is 4.99. The molecule has 0 amide bonds. The second kappa shape index (κ2) is 10.5. The minimum absolute atomic E-state index is 0.0110. The molecule has 3 N–H and O–H groups in total. The molecule has 0 aliphatic carbocycles. The number of nitrogens with one attached hydrogen (secondary N) is 1. The van der Waals surface area contributed by atoms with Gasteiger partial charge in [-0.3, -0.25) is 4.90 Å². The number of benzene rings is 2. The highest BCUT2D eigenvalue weighted by Crippen LogP contribution is 2.46. The van der Waals surface area contributed by atoms with E-state index in [1.54, 1.807) is 0 Å². The molecule has 2 atom stereocenters. The minimum Gasteiger partial charge on any atom is -0.461 e. The van der Waals surface area contributed by atoms with Crippen molar-refractivity contribution in [2.24, 2.45) is 0 Å². The van der Waals surface area contributed by atoms with E-state index >= 15 is 4.39 Å². The fraction of sp³-hybridized carbons (Fsp3) is 0.500. The summed E-state index contributed by atoms with van der Waals surface area (Å²) in [5.41, 5.74) is 4.74. The van der Waals surface area contributed by atoms with Crippen LogP contribution in [0, 0.1) is 11.6 Å². The predicted molar refractivity (Wildman–Crippen MR) is 160 cm³/mol. The molecule has 4 saturated heterocycles. The number of ether oxygens (including phenoxy) is 2. The van der Waals surface area contributed by atoms with E-state index < -0.39 is 29.3 Å². The molecule has 15 heteroatoms. The van der Waals surface area contributed by atoms with Crippen LogP contribution < -0.4 is 25.4 Å². The standard InChI is InChI=1S/C30H30F5N7O2S/c31-19-6-5-17(24-25(19)45-27(36)38-24)21-20(44-30(33,34)35)11-18-23(22(21)32)39-28(43-14-29-7-1-9-42(29)10-2-8-29)40-26(18)41-12-15-3-4-16(13-41)37-15/h5-6,11,15-16,37H,1-4,7-10,12-14H2,(H2,36,38). The number of nitrogen functional groups attached to an aromatic ring is 1. The van der Waals surface area contributed by atoms with E-state index in [4.69, 9.17) is 15.5 Å². The molecule has 4 aliphatic heterocycles. The molecular weight excluding hydrogens is 617 g/mol. The first kappa shape index (κ1) is 28.9. The lowest BCUT2D eigenvalue weighted by molar-refractivity contribution is -0.274. The minimum atomic E-state index is -5.15. The zero-order valence-electron chi connectivity index (χ0n) is 24.1. The predicted octanol–water partition coefficient (Wildman–Crippen LogP) is 5.61. The van der Waals surface area contributed by atoms with E-state index in [9.17, 15) is 17.6 Å². The summed E-state index contributed by atoms with van der Waals surface area (Å²) >= 11 is 0.816. The largest absolute Gasteiger partial charge is 0.573 e. The summed E-state index contributed by atoms with van der Waals surface area (Å²) < 4.78 is 83.7. The van der Waals surface area contributed by atoms with Crippen LogP contribution in [0.25, 0.3) is 32.2 Å². The summed E-state index contributed by atoms with van der Waals surface area (Å²) in [6.45, 7) is 3.38. The lowest BCUT2D eigenvalue weighted by atomic mass is 9.95. The molecule has 0 saturated carbocycles. The number of rotatable bonds is 6. The number of aromatic nitrogens is 3. The number of halogens is 5. The van der Waals surface area contributed by atoms with Crippen molar-refractivity contribution in [1.29, 1.82) is 0 Å². The highest BCUT2D eigenvalue weighted by Gasteiger charge is 2.45. The molecule has 2 aromatic carbocycles. The Hall–Kier alpha value is -3.56. The second-order valence-electron chi connectivity index (χ2n) is 12.4. The van der Waals surface area contributed by atoms with E-state index in [-0.39, 0.29) is 61.3 Å². The van der Waals surface area contributed by atoms with E-state index in [0.717, 1.165) is 75.1 Å². The van der Waals surface area contributed by atoms with Gasteiger partial charge in [0, 0.05) is 36.1 Å². The molecule has 2 bridgehead atoms. The first-order valence-corrected chi connectivity index (χ1v) is 15.9. The first-order valence-electron chi connectivity index (χ1n) is 15.1. The maximum absolute atomic E-state index is 16.9. The molecule has 4 aromatic rings. The van der Waals surface area contributed by atoms with Crippen molar-refractivity contribution >= 4 is 43.4 Å². The summed E-state index contributed by atoms with van der Waals surface area (Å²) in [4.78, 5) is 17.7. The molecule has 8 rings (SSSR count). The zero-order valence-corrected chi connectivity index (χ0v) is 24.9. The van der Waals surface area contributed by atoms with Crippen LogP contribution in [0.1, 0.15) is 38.5 Å². The van der Waals surface area contributed by atoms with Crippen molar-refractivity contribution in [3.05, 3.63) is 29.8 Å². The molecule has 0 spiro atoms. The monoisotopic (exact) mass is 647 g/mol. The molecule has 2 aromatic heterocycles. The van der Waals surface area contributed by atoms with Crippen LogP contribution >= 0.6 is 11.3 Å². The molecular formula is C30H30F5N7O2S. The van der Waals surface area contributed by atoms with Gasteiger partial charge in [-0.25, -0.2) is 13.8 Å². The third-order valence-electron chi connectivity index (χ3n) is 9.66. The van der Waals surface area contributed by atoms with Gasteiger partial charge in [-0.15, -0.1) is 13.2 Å². The Morgan fingerprint density at radius 3 is 2.47 bits per heavy atom. The lowest BCUT2D eigenvalue weighted by Gasteiger charge is -2.35. The van der Waals surface area contributed by atoms with Crippen LogP contribution in [0.4, 0.5) is 32.9 Å². The second-order valence-corrected chi connectivity index (χ2v) is 13.4. The van der Waals surface area contributed by atoms with Crippen LogP contribution in [0.3, 0.4) is 0 Å². The number of thiazole rings is 1. The maximum Gasteiger partial charge on any atom is 0.573 e. The fourth-order valence-corrected chi connectivity index (χ4v) is 8.52. The Kier molecular flexibility index (Phi) is 6.73. The van der Waals surface area contributed by atoms with Crippen molar-refractivity contribution in [2.45, 2.75) is 62.5 Å². The van der Waals surface area contributed by atoms with Crippen molar-refractivity contribution in [3.8, 4) is 22.9 Å². The number of piperazine rings is 1. The summed E-state index contributed by atoms with van der Waals surface area (Å²) in [6.07, 6.45) is 0.814. The van der Waals surface area contributed by atoms with Crippen LogP contribution in [-0.4, -0.2) is 76.6 Å². The molecule has 4 aliphatic rings. The van der Waals surface area contributed by atoms with Crippen LogP contribution in [0.2, 0.25) is 0 Å². The molecule has 9 nitrogen and oxygen atoms in total. The molecule has 238 valence electrons. The summed E-state index contributed by atoms with van der Waals surface area (Å²) in [6, 6.07) is 3.62. The quantitative estimate of drug-likeness (QED) is 0.259. The van der Waals surface area contributed by atoms with Gasteiger partial charge in [0.25, 0.3) is 0 Å². The van der Waals surface area contributed by atoms with Crippen molar-refractivity contribution in [2.75, 3.05) is 43.4 Å². The number of alkyl halides is 3. The van der Waals surface area contributed by atoms with Gasteiger partial charge < -0.3 is 25.4 Å². The van der Waals surface area contributed by atoms with Gasteiger partial charge in [-0.1, -0.05) is 11.3 Å². The van der Waals surface area contributed by atoms with Crippen LogP contribution in [-0.2, 0) is 0 Å². The topological polar surface area (TPSA) is 102 Å². The number of hydrogen-bond acceptors (Lipinski definition) is 10. The van der Waals surface area contributed by atoms with Gasteiger partial charge in [-0.05, 0) is 69.8 Å². The third-order valence-corrected chi connectivity index (χ3v) is 10.6. The molecule has 0 radical (unpaired) electrons. The van der Waals surface area contributed by atoms with Crippen molar-refractivity contribution in [3.63, 3.8) is 0 Å². The van der Waals surface area contributed by atoms with E-state index in [1.807, 2.05) is 4.90 Å². The summed E-state index contributed by atoms with van der Waals surface area (Å²) in [5.74, 6) is -2.29. The number of fused-ring (bicyclic) bond motifs is 5. The first-order chi connectivity index (χ1) is 21.6. The lowest BCUT2D eigenvalue weighted by Crippen LogP contribution is -2.51. The van der Waals surface area contributed by atoms with Gasteiger partial charge in [0.05, 0.1) is 21.3 Å². The fourth-order valence-electron chi connectivity index (χ4n) is 7.75. The van der Waals surface area contributed by atoms with Gasteiger partial charge in [0.15, 0.2) is 10.9 Å². The number of anilines is 2. The Balaban J connectivity index is 1.32. The molecule has 45 heavy (non-hydrogen) atoms. The Morgan fingerprint density at radius 2 is 1.76 bits per heavy atom. The number of nitrogens with zero attached hydrogens (tertiary/aromatic N) is 5. The number of nitrogens with two attached hydrogens (primary N) is 1. The maximum atomic E-state index is 16.9. The normalized spacial score (nSPS) is 22.9. The van der Waals surface area contributed by atoms with E-state index in [2.05, 4.69) is 24.9 Å². The molecule has 4 fully saturated rings. The zero-order chi connectivity index (χ0) is 31.1. The summed E-state index contributed by atoms with van der Waals surface area (Å²) in [7, 11) is 0. The average Bonchev–Trinajstić information content (AvgIpc) is 3.75. The van der Waals surface area contributed by atoms with E-state index in [0.29, 0.717) is 19.7 Å². The van der Waals surface area contributed by atoms with Gasteiger partial charge in [0.2, 0.25) is 0 Å². The van der Waals surface area contributed by atoms with E-state index in [1.165, 1.54) is 6.07 Å². The molecule has 6 heterocycles. The van der Waals surface area contributed by atoms with Gasteiger partial charge in [-0.2, -0.15) is 9.97 Å². The Labute approximate surface area is 258 Å². The Bertz CT molecular complexity index is 1800. The van der Waals surface area contributed by atoms with Crippen molar-refractivity contribution < 1.29 is 31.4 Å². The Morgan fingerprint density at radius 1 is 1.02 bits per heavy atom. The average molecular weight is 648 g/mol. The van der Waals surface area contributed by atoms with Crippen LogP contribution in [0.15, 0.2) is 18.2 Å². The van der Waals surface area contributed by atoms with Gasteiger partial charge >= 0.3 is 12.4 Å². The number of hydrogen-bond donors (Lipinski definition) is 2. The smallest absolute Gasteiger partial charge is 0.461 e. The highest BCUT2D eigenvalue weighted by molar-refractivity contribution is 7.22. The SMILES string of the molecule is Nc1nc2c(-c3c(OC(F)(F)F)cc4c(N5CC6CCC(C5)N6)nc(OCC56CCCN5CCC6)nc4c3F)ccc(F)c2s1. The highest BCUT2D eigenvalue weighted by atomic mass is 32.1. The van der Waals surface area contributed by atoms with Crippen LogP contribution in [0.5, 0.6) is 11.8 Å². The molecule has 2 unspecified atom stereocenters. The van der Waals surface area contributed by atoms with Crippen molar-refractivity contribution in [1.82, 2.24) is 25.2 Å². The summed E-state index contributed by atoms with van der Waals surface area (Å²) in [5, 5.41) is 3.57. The van der Waals surface area contributed by atoms with Gasteiger partial charge in [0.1, 0.15) is 29.5 Å².